The first-order valence-corrected chi connectivity index (χ1v) is 14.0. The van der Waals surface area contributed by atoms with Crippen molar-refractivity contribution in [3.05, 3.63) is 88.4 Å². The maximum Gasteiger partial charge on any atom is 0.264 e. The van der Waals surface area contributed by atoms with Gasteiger partial charge < -0.3 is 10.2 Å². The first-order valence-electron chi connectivity index (χ1n) is 12.2. The highest BCUT2D eigenvalue weighted by Gasteiger charge is 2.29. The third kappa shape index (κ3) is 5.68. The fourth-order valence-electron chi connectivity index (χ4n) is 4.45. The quantitative estimate of drug-likeness (QED) is 0.414. The SMILES string of the molecule is Cc1ccc(S(=O)(=O)N(CC(=O)NC(C)c2ccc(N3CCCC3)cc2)c2cccc(Cl)c2C)cc1. The van der Waals surface area contributed by atoms with E-state index in [0.717, 1.165) is 28.5 Å². The summed E-state index contributed by atoms with van der Waals surface area (Å²) in [5.41, 5.74) is 4.05. The molecule has 0 bridgehead atoms. The van der Waals surface area contributed by atoms with Crippen molar-refractivity contribution in [1.82, 2.24) is 5.32 Å². The Balaban J connectivity index is 1.56. The van der Waals surface area contributed by atoms with Crippen molar-refractivity contribution < 1.29 is 13.2 Å². The number of anilines is 2. The molecule has 1 saturated heterocycles. The molecule has 1 aliphatic rings. The summed E-state index contributed by atoms with van der Waals surface area (Å²) in [4.78, 5) is 15.6. The van der Waals surface area contributed by atoms with Crippen molar-refractivity contribution in [2.75, 3.05) is 28.8 Å². The van der Waals surface area contributed by atoms with Crippen LogP contribution in [0.4, 0.5) is 11.4 Å². The Morgan fingerprint density at radius 1 is 1.00 bits per heavy atom. The summed E-state index contributed by atoms with van der Waals surface area (Å²) >= 11 is 6.31. The molecule has 0 saturated carbocycles. The second-order valence-corrected chi connectivity index (χ2v) is 11.6. The van der Waals surface area contributed by atoms with Gasteiger partial charge in [0.15, 0.2) is 0 Å². The lowest BCUT2D eigenvalue weighted by Gasteiger charge is -2.27. The van der Waals surface area contributed by atoms with Gasteiger partial charge in [-0.2, -0.15) is 0 Å². The molecule has 1 N–H and O–H groups in total. The Hall–Kier alpha value is -3.03. The summed E-state index contributed by atoms with van der Waals surface area (Å²) in [6.45, 7) is 7.30. The number of carbonyl (C=O) groups is 1. The van der Waals surface area contributed by atoms with Gasteiger partial charge in [0.05, 0.1) is 16.6 Å². The molecule has 1 atom stereocenters. The lowest BCUT2D eigenvalue weighted by molar-refractivity contribution is -0.120. The standard InChI is InChI=1S/C28H32ClN3O3S/c1-20-9-15-25(16-10-20)36(34,35)32(27-8-6-7-26(29)21(27)2)19-28(33)30-22(3)23-11-13-24(14-12-23)31-17-4-5-18-31/h6-16,22H,4-5,17-19H2,1-3H3,(H,30,33). The van der Waals surface area contributed by atoms with Crippen LogP contribution in [0.25, 0.3) is 0 Å². The molecular weight excluding hydrogens is 494 g/mol. The van der Waals surface area contributed by atoms with E-state index in [1.807, 2.05) is 26.0 Å². The lowest BCUT2D eigenvalue weighted by atomic mass is 10.1. The molecule has 1 unspecified atom stereocenters. The minimum Gasteiger partial charge on any atom is -0.372 e. The molecule has 3 aromatic rings. The van der Waals surface area contributed by atoms with Crippen LogP contribution >= 0.6 is 11.6 Å². The van der Waals surface area contributed by atoms with Crippen LogP contribution < -0.4 is 14.5 Å². The highest BCUT2D eigenvalue weighted by atomic mass is 35.5. The van der Waals surface area contributed by atoms with E-state index in [0.29, 0.717) is 16.3 Å². The first kappa shape index (κ1) is 26.0. The van der Waals surface area contributed by atoms with E-state index >= 15 is 0 Å². The molecule has 6 nitrogen and oxygen atoms in total. The van der Waals surface area contributed by atoms with E-state index in [1.54, 1.807) is 49.4 Å². The van der Waals surface area contributed by atoms with E-state index in [2.05, 4.69) is 22.3 Å². The van der Waals surface area contributed by atoms with Gasteiger partial charge in [-0.15, -0.1) is 0 Å². The van der Waals surface area contributed by atoms with Crippen LogP contribution in [0.1, 0.15) is 42.5 Å². The molecular formula is C28H32ClN3O3S. The lowest BCUT2D eigenvalue weighted by Crippen LogP contribution is -2.42. The number of nitrogens with one attached hydrogen (secondary N) is 1. The third-order valence-electron chi connectivity index (χ3n) is 6.65. The average Bonchev–Trinajstić information content (AvgIpc) is 3.40. The molecule has 1 heterocycles. The number of hydrogen-bond donors (Lipinski definition) is 1. The zero-order valence-electron chi connectivity index (χ0n) is 20.9. The molecule has 1 aliphatic heterocycles. The van der Waals surface area contributed by atoms with Crippen LogP contribution in [-0.2, 0) is 14.8 Å². The van der Waals surface area contributed by atoms with Crippen molar-refractivity contribution in [2.45, 2.75) is 44.6 Å². The summed E-state index contributed by atoms with van der Waals surface area (Å²) in [6.07, 6.45) is 2.42. The van der Waals surface area contributed by atoms with Crippen LogP contribution in [0.2, 0.25) is 5.02 Å². The fraction of sp³-hybridized carbons (Fsp3) is 0.321. The zero-order chi connectivity index (χ0) is 25.9. The van der Waals surface area contributed by atoms with Gasteiger partial charge in [0.2, 0.25) is 5.91 Å². The molecule has 36 heavy (non-hydrogen) atoms. The minimum atomic E-state index is -4.01. The van der Waals surface area contributed by atoms with Gasteiger partial charge in [0.25, 0.3) is 10.0 Å². The smallest absolute Gasteiger partial charge is 0.264 e. The number of aryl methyl sites for hydroxylation is 1. The number of benzene rings is 3. The van der Waals surface area contributed by atoms with Crippen LogP contribution in [-0.4, -0.2) is 34.0 Å². The molecule has 4 rings (SSSR count). The summed E-state index contributed by atoms with van der Waals surface area (Å²) < 4.78 is 28.5. The summed E-state index contributed by atoms with van der Waals surface area (Å²) in [7, 11) is -4.01. The van der Waals surface area contributed by atoms with Crippen molar-refractivity contribution in [3.63, 3.8) is 0 Å². The predicted molar refractivity (Wildman–Crippen MR) is 146 cm³/mol. The van der Waals surface area contributed by atoms with Gasteiger partial charge >= 0.3 is 0 Å². The predicted octanol–water partition coefficient (Wildman–Crippen LogP) is 5.63. The van der Waals surface area contributed by atoms with Gasteiger partial charge in [-0.1, -0.05) is 47.5 Å². The van der Waals surface area contributed by atoms with Gasteiger partial charge in [-0.3, -0.25) is 9.10 Å². The maximum absolute atomic E-state index is 13.7. The van der Waals surface area contributed by atoms with Gasteiger partial charge in [-0.05, 0) is 81.1 Å². The molecule has 0 aromatic heterocycles. The molecule has 190 valence electrons. The van der Waals surface area contributed by atoms with Crippen LogP contribution in [0, 0.1) is 13.8 Å². The number of sulfonamides is 1. The van der Waals surface area contributed by atoms with E-state index in [4.69, 9.17) is 11.6 Å². The number of amides is 1. The van der Waals surface area contributed by atoms with E-state index < -0.39 is 15.9 Å². The molecule has 8 heteroatoms. The Kier molecular flexibility index (Phi) is 7.91. The molecule has 1 amide bonds. The summed E-state index contributed by atoms with van der Waals surface area (Å²) in [5.74, 6) is -0.402. The summed E-state index contributed by atoms with van der Waals surface area (Å²) in [5, 5.41) is 3.39. The Labute approximate surface area is 218 Å². The Morgan fingerprint density at radius 2 is 1.64 bits per heavy atom. The maximum atomic E-state index is 13.7. The topological polar surface area (TPSA) is 69.7 Å². The molecule has 0 spiro atoms. The monoisotopic (exact) mass is 525 g/mol. The number of rotatable bonds is 8. The van der Waals surface area contributed by atoms with E-state index in [1.165, 1.54) is 18.5 Å². The van der Waals surface area contributed by atoms with Crippen molar-refractivity contribution in [2.24, 2.45) is 0 Å². The molecule has 1 fully saturated rings. The van der Waals surface area contributed by atoms with Gasteiger partial charge in [0.1, 0.15) is 6.54 Å². The van der Waals surface area contributed by atoms with Crippen LogP contribution in [0.5, 0.6) is 0 Å². The molecule has 0 aliphatic carbocycles. The Bertz CT molecular complexity index is 1320. The van der Waals surface area contributed by atoms with Crippen LogP contribution in [0.3, 0.4) is 0 Å². The number of hydrogen-bond acceptors (Lipinski definition) is 4. The van der Waals surface area contributed by atoms with Crippen LogP contribution in [0.15, 0.2) is 71.6 Å². The highest BCUT2D eigenvalue weighted by molar-refractivity contribution is 7.92. The largest absolute Gasteiger partial charge is 0.372 e. The van der Waals surface area contributed by atoms with Gasteiger partial charge in [-0.25, -0.2) is 8.42 Å². The van der Waals surface area contributed by atoms with Crippen molar-refractivity contribution in [3.8, 4) is 0 Å². The second-order valence-electron chi connectivity index (χ2n) is 9.28. The fourth-order valence-corrected chi connectivity index (χ4v) is 6.10. The normalized spacial score (nSPS) is 14.5. The first-order chi connectivity index (χ1) is 17.2. The number of nitrogens with zero attached hydrogens (tertiary/aromatic N) is 2. The number of halogens is 1. The zero-order valence-corrected chi connectivity index (χ0v) is 22.4. The van der Waals surface area contributed by atoms with Crippen molar-refractivity contribution >= 4 is 38.9 Å². The van der Waals surface area contributed by atoms with Crippen molar-refractivity contribution in [1.29, 1.82) is 0 Å². The Morgan fingerprint density at radius 3 is 2.28 bits per heavy atom. The molecule has 3 aromatic carbocycles. The number of carbonyl (C=O) groups excluding carboxylic acids is 1. The average molecular weight is 526 g/mol. The second kappa shape index (κ2) is 10.9. The minimum absolute atomic E-state index is 0.117. The van der Waals surface area contributed by atoms with Gasteiger partial charge in [0, 0.05) is 23.8 Å². The molecule has 0 radical (unpaired) electrons. The van der Waals surface area contributed by atoms with E-state index in [-0.39, 0.29) is 17.5 Å². The summed E-state index contributed by atoms with van der Waals surface area (Å²) in [6, 6.07) is 19.5. The van der Waals surface area contributed by atoms with E-state index in [9.17, 15) is 13.2 Å². The third-order valence-corrected chi connectivity index (χ3v) is 8.83. The highest BCUT2D eigenvalue weighted by Crippen LogP contribution is 2.31.